The van der Waals surface area contributed by atoms with Gasteiger partial charge in [-0.2, -0.15) is 0 Å². The molecule has 4 heteroatoms. The SMILES string of the molecule is CN(C)CCCSC(N)=O. The van der Waals surface area contributed by atoms with Crippen LogP contribution in [-0.2, 0) is 0 Å². The molecule has 0 atom stereocenters. The van der Waals surface area contributed by atoms with Crippen molar-refractivity contribution >= 4 is 17.0 Å². The summed E-state index contributed by atoms with van der Waals surface area (Å²) in [5, 5.41) is -0.279. The summed E-state index contributed by atoms with van der Waals surface area (Å²) in [7, 11) is 4.02. The van der Waals surface area contributed by atoms with Gasteiger partial charge in [0.15, 0.2) is 0 Å². The van der Waals surface area contributed by atoms with Gasteiger partial charge in [0.25, 0.3) is 5.24 Å². The van der Waals surface area contributed by atoms with E-state index in [9.17, 15) is 4.79 Å². The van der Waals surface area contributed by atoms with E-state index in [1.165, 1.54) is 11.8 Å². The lowest BCUT2D eigenvalue weighted by Crippen LogP contribution is -2.14. The minimum Gasteiger partial charge on any atom is -0.361 e. The van der Waals surface area contributed by atoms with Gasteiger partial charge in [-0.3, -0.25) is 4.79 Å². The Bertz CT molecular complexity index is 106. The topological polar surface area (TPSA) is 46.3 Å². The second-order valence-electron chi connectivity index (χ2n) is 2.32. The van der Waals surface area contributed by atoms with Gasteiger partial charge in [0.05, 0.1) is 0 Å². The Morgan fingerprint density at radius 3 is 2.60 bits per heavy atom. The number of thioether (sulfide) groups is 1. The Labute approximate surface area is 65.9 Å². The maximum Gasteiger partial charge on any atom is 0.276 e. The van der Waals surface area contributed by atoms with Crippen LogP contribution in [0.4, 0.5) is 4.79 Å². The van der Waals surface area contributed by atoms with Crippen molar-refractivity contribution in [1.82, 2.24) is 4.90 Å². The Hall–Kier alpha value is -0.220. The zero-order valence-corrected chi connectivity index (χ0v) is 7.28. The van der Waals surface area contributed by atoms with Crippen molar-refractivity contribution in [3.63, 3.8) is 0 Å². The third-order valence-corrected chi connectivity index (χ3v) is 1.77. The zero-order valence-electron chi connectivity index (χ0n) is 6.46. The minimum absolute atomic E-state index is 0.279. The monoisotopic (exact) mass is 162 g/mol. The van der Waals surface area contributed by atoms with Gasteiger partial charge in [0.1, 0.15) is 0 Å². The summed E-state index contributed by atoms with van der Waals surface area (Å²) in [6, 6.07) is 0. The van der Waals surface area contributed by atoms with Crippen molar-refractivity contribution in [2.75, 3.05) is 26.4 Å². The molecule has 0 fully saturated rings. The van der Waals surface area contributed by atoms with Crippen LogP contribution >= 0.6 is 11.8 Å². The van der Waals surface area contributed by atoms with Gasteiger partial charge in [0.2, 0.25) is 0 Å². The molecule has 10 heavy (non-hydrogen) atoms. The first-order valence-electron chi connectivity index (χ1n) is 3.20. The van der Waals surface area contributed by atoms with Crippen LogP contribution in [0.3, 0.4) is 0 Å². The Kier molecular flexibility index (Phi) is 5.43. The highest BCUT2D eigenvalue weighted by Crippen LogP contribution is 2.00. The molecule has 0 aliphatic heterocycles. The average Bonchev–Trinajstić information content (AvgIpc) is 1.79. The van der Waals surface area contributed by atoms with E-state index in [-0.39, 0.29) is 5.24 Å². The molecule has 0 aliphatic rings. The van der Waals surface area contributed by atoms with Gasteiger partial charge in [-0.15, -0.1) is 0 Å². The summed E-state index contributed by atoms with van der Waals surface area (Å²) in [6.07, 6.45) is 1.01. The quantitative estimate of drug-likeness (QED) is 0.620. The van der Waals surface area contributed by atoms with Gasteiger partial charge < -0.3 is 10.6 Å². The molecule has 2 N–H and O–H groups in total. The second kappa shape index (κ2) is 5.56. The summed E-state index contributed by atoms with van der Waals surface area (Å²) >= 11 is 1.19. The zero-order chi connectivity index (χ0) is 7.98. The van der Waals surface area contributed by atoms with Gasteiger partial charge in [0, 0.05) is 5.75 Å². The van der Waals surface area contributed by atoms with Gasteiger partial charge in [-0.1, -0.05) is 11.8 Å². The number of amides is 1. The molecule has 0 saturated heterocycles. The fourth-order valence-electron chi connectivity index (χ4n) is 0.554. The predicted octanol–water partition coefficient (Wildman–Crippen LogP) is 0.750. The molecule has 0 aromatic heterocycles. The van der Waals surface area contributed by atoms with Crippen molar-refractivity contribution in [2.45, 2.75) is 6.42 Å². The van der Waals surface area contributed by atoms with Crippen LogP contribution in [0.5, 0.6) is 0 Å². The second-order valence-corrected chi connectivity index (χ2v) is 3.42. The molecule has 1 amide bonds. The van der Waals surface area contributed by atoms with Crippen LogP contribution in [0.15, 0.2) is 0 Å². The van der Waals surface area contributed by atoms with Crippen molar-refractivity contribution in [2.24, 2.45) is 5.73 Å². The molecule has 0 radical (unpaired) electrons. The summed E-state index contributed by atoms with van der Waals surface area (Å²) in [6.45, 7) is 1.01. The van der Waals surface area contributed by atoms with Crippen molar-refractivity contribution in [3.8, 4) is 0 Å². The van der Waals surface area contributed by atoms with Crippen LogP contribution in [0, 0.1) is 0 Å². The minimum atomic E-state index is -0.279. The van der Waals surface area contributed by atoms with Crippen molar-refractivity contribution in [1.29, 1.82) is 0 Å². The van der Waals surface area contributed by atoms with E-state index in [1.54, 1.807) is 0 Å². The first-order valence-corrected chi connectivity index (χ1v) is 4.18. The van der Waals surface area contributed by atoms with Crippen LogP contribution in [0.25, 0.3) is 0 Å². The van der Waals surface area contributed by atoms with Gasteiger partial charge >= 0.3 is 0 Å². The maximum atomic E-state index is 10.2. The Balaban J connectivity index is 2.98. The molecule has 0 saturated carbocycles. The highest BCUT2D eigenvalue weighted by Gasteiger charge is 1.94. The van der Waals surface area contributed by atoms with Crippen molar-refractivity contribution in [3.05, 3.63) is 0 Å². The first-order chi connectivity index (χ1) is 4.63. The van der Waals surface area contributed by atoms with Crippen LogP contribution in [0.2, 0.25) is 0 Å². The fraction of sp³-hybridized carbons (Fsp3) is 0.833. The number of nitrogens with two attached hydrogens (primary N) is 1. The van der Waals surface area contributed by atoms with E-state index in [0.717, 1.165) is 18.7 Å². The van der Waals surface area contributed by atoms with Gasteiger partial charge in [-0.25, -0.2) is 0 Å². The molecule has 0 heterocycles. The van der Waals surface area contributed by atoms with Crippen LogP contribution in [0.1, 0.15) is 6.42 Å². The molecular weight excluding hydrogens is 148 g/mol. The maximum absolute atomic E-state index is 10.2. The standard InChI is InChI=1S/C6H14N2OS/c1-8(2)4-3-5-10-6(7)9/h3-5H2,1-2H3,(H2,7,9). The first kappa shape index (κ1) is 9.78. The molecule has 0 rings (SSSR count). The van der Waals surface area contributed by atoms with Crippen LogP contribution in [-0.4, -0.2) is 36.5 Å². The Morgan fingerprint density at radius 1 is 1.60 bits per heavy atom. The van der Waals surface area contributed by atoms with E-state index in [4.69, 9.17) is 5.73 Å². The molecule has 60 valence electrons. The number of carbonyl (C=O) groups is 1. The largest absolute Gasteiger partial charge is 0.361 e. The third-order valence-electron chi connectivity index (χ3n) is 0.994. The summed E-state index contributed by atoms with van der Waals surface area (Å²) < 4.78 is 0. The molecule has 3 nitrogen and oxygen atoms in total. The van der Waals surface area contributed by atoms with E-state index in [0.29, 0.717) is 0 Å². The number of nitrogens with zero attached hydrogens (tertiary/aromatic N) is 1. The lowest BCUT2D eigenvalue weighted by Gasteiger charge is -2.06. The number of rotatable bonds is 4. The molecule has 0 aromatic carbocycles. The predicted molar refractivity (Wildman–Crippen MR) is 45.2 cm³/mol. The van der Waals surface area contributed by atoms with E-state index < -0.39 is 0 Å². The van der Waals surface area contributed by atoms with E-state index in [1.807, 2.05) is 14.1 Å². The highest BCUT2D eigenvalue weighted by atomic mass is 32.2. The number of carbonyl (C=O) groups excluding carboxylic acids is 1. The van der Waals surface area contributed by atoms with E-state index in [2.05, 4.69) is 4.90 Å². The van der Waals surface area contributed by atoms with Crippen molar-refractivity contribution < 1.29 is 4.79 Å². The summed E-state index contributed by atoms with van der Waals surface area (Å²) in [4.78, 5) is 12.3. The average molecular weight is 162 g/mol. The van der Waals surface area contributed by atoms with Gasteiger partial charge in [-0.05, 0) is 27.1 Å². The molecule has 0 aromatic rings. The summed E-state index contributed by atoms with van der Waals surface area (Å²) in [5.41, 5.74) is 4.92. The van der Waals surface area contributed by atoms with E-state index >= 15 is 0 Å². The highest BCUT2D eigenvalue weighted by molar-refractivity contribution is 8.13. The van der Waals surface area contributed by atoms with Crippen LogP contribution < -0.4 is 5.73 Å². The third kappa shape index (κ3) is 7.78. The fourth-order valence-corrected chi connectivity index (χ4v) is 1.03. The lowest BCUT2D eigenvalue weighted by molar-refractivity contribution is 0.267. The Morgan fingerprint density at radius 2 is 2.20 bits per heavy atom. The molecular formula is C6H14N2OS. The lowest BCUT2D eigenvalue weighted by atomic mass is 10.5. The molecule has 0 spiro atoms. The number of hydrogen-bond donors (Lipinski definition) is 1. The normalized spacial score (nSPS) is 10.3. The number of hydrogen-bond acceptors (Lipinski definition) is 3. The molecule has 0 bridgehead atoms. The summed E-state index contributed by atoms with van der Waals surface area (Å²) in [5.74, 6) is 0.827. The smallest absolute Gasteiger partial charge is 0.276 e. The molecule has 0 aliphatic carbocycles. The number of primary amides is 1. The molecule has 0 unspecified atom stereocenters.